The SMILES string of the molecule is C=C(C(Cc1ccccc1)C(=O)OCC)P1(=O)N(c2ccccc2)CCN1c1ccccc1. The van der Waals surface area contributed by atoms with Gasteiger partial charge in [-0.15, -0.1) is 0 Å². The molecule has 0 N–H and O–H groups in total. The maximum Gasteiger partial charge on any atom is 0.314 e. The highest BCUT2D eigenvalue weighted by atomic mass is 31.2. The zero-order valence-corrected chi connectivity index (χ0v) is 19.7. The van der Waals surface area contributed by atoms with E-state index in [1.54, 1.807) is 6.92 Å². The second kappa shape index (κ2) is 10.1. The van der Waals surface area contributed by atoms with E-state index in [1.807, 2.05) is 100 Å². The van der Waals surface area contributed by atoms with Crippen LogP contribution in [-0.2, 0) is 20.5 Å². The van der Waals surface area contributed by atoms with Crippen LogP contribution < -0.4 is 9.34 Å². The minimum absolute atomic E-state index is 0.256. The van der Waals surface area contributed by atoms with Gasteiger partial charge in [0.25, 0.3) is 7.44 Å². The number of esters is 1. The van der Waals surface area contributed by atoms with E-state index >= 15 is 4.57 Å². The summed E-state index contributed by atoms with van der Waals surface area (Å²) in [6.07, 6.45) is 0.383. The lowest BCUT2D eigenvalue weighted by Gasteiger charge is -2.36. The second-order valence-corrected chi connectivity index (χ2v) is 10.6. The van der Waals surface area contributed by atoms with Crippen LogP contribution in [0.2, 0.25) is 0 Å². The van der Waals surface area contributed by atoms with Gasteiger partial charge in [-0.05, 0) is 43.2 Å². The van der Waals surface area contributed by atoms with Crippen LogP contribution in [0.5, 0.6) is 0 Å². The molecule has 4 rings (SSSR count). The first-order valence-electron chi connectivity index (χ1n) is 11.2. The molecule has 6 heteroatoms. The predicted molar refractivity (Wildman–Crippen MR) is 135 cm³/mol. The minimum atomic E-state index is -3.42. The van der Waals surface area contributed by atoms with Gasteiger partial charge < -0.3 is 14.1 Å². The van der Waals surface area contributed by atoms with Crippen LogP contribution >= 0.6 is 7.44 Å². The van der Waals surface area contributed by atoms with Crippen molar-refractivity contribution in [2.75, 3.05) is 29.0 Å². The first-order chi connectivity index (χ1) is 16.1. The van der Waals surface area contributed by atoms with Crippen LogP contribution in [-0.4, -0.2) is 25.7 Å². The van der Waals surface area contributed by atoms with Crippen LogP contribution in [0.1, 0.15) is 12.5 Å². The van der Waals surface area contributed by atoms with Gasteiger partial charge >= 0.3 is 5.97 Å². The Balaban J connectivity index is 1.79. The lowest BCUT2D eigenvalue weighted by Crippen LogP contribution is -2.28. The van der Waals surface area contributed by atoms with Gasteiger partial charge in [0.05, 0.1) is 12.5 Å². The molecule has 1 aliphatic rings. The summed E-state index contributed by atoms with van der Waals surface area (Å²) in [6, 6.07) is 29.1. The molecule has 3 aromatic rings. The molecule has 0 amide bonds. The second-order valence-electron chi connectivity index (χ2n) is 7.95. The van der Waals surface area contributed by atoms with Gasteiger partial charge in [-0.3, -0.25) is 9.36 Å². The Morgan fingerprint density at radius 3 is 1.79 bits per heavy atom. The Morgan fingerprint density at radius 2 is 1.33 bits per heavy atom. The first kappa shape index (κ1) is 22.9. The van der Waals surface area contributed by atoms with Gasteiger partial charge in [0.2, 0.25) is 0 Å². The number of rotatable bonds is 8. The zero-order valence-electron chi connectivity index (χ0n) is 18.8. The molecule has 0 bridgehead atoms. The van der Waals surface area contributed by atoms with E-state index in [2.05, 4.69) is 6.58 Å². The summed E-state index contributed by atoms with van der Waals surface area (Å²) in [5, 5.41) is 0.398. The third kappa shape index (κ3) is 4.60. The third-order valence-electron chi connectivity index (χ3n) is 5.92. The summed E-state index contributed by atoms with van der Waals surface area (Å²) in [6.45, 7) is 7.48. The molecule has 0 saturated carbocycles. The highest BCUT2D eigenvalue weighted by Crippen LogP contribution is 2.67. The van der Waals surface area contributed by atoms with E-state index in [0.29, 0.717) is 24.8 Å². The molecule has 0 aromatic heterocycles. The molecule has 1 atom stereocenters. The molecule has 1 unspecified atom stereocenters. The topological polar surface area (TPSA) is 49.9 Å². The summed E-state index contributed by atoms with van der Waals surface area (Å²) in [4.78, 5) is 13.1. The van der Waals surface area contributed by atoms with E-state index in [-0.39, 0.29) is 6.61 Å². The van der Waals surface area contributed by atoms with Crippen molar-refractivity contribution in [3.05, 3.63) is 108 Å². The Kier molecular flexibility index (Phi) is 7.00. The normalized spacial score (nSPS) is 15.8. The van der Waals surface area contributed by atoms with E-state index in [9.17, 15) is 4.79 Å². The lowest BCUT2D eigenvalue weighted by atomic mass is 9.99. The molecule has 170 valence electrons. The van der Waals surface area contributed by atoms with Gasteiger partial charge in [0.15, 0.2) is 0 Å². The monoisotopic (exact) mass is 460 g/mol. The van der Waals surface area contributed by atoms with Crippen molar-refractivity contribution in [1.29, 1.82) is 0 Å². The fourth-order valence-corrected chi connectivity index (χ4v) is 7.40. The van der Waals surface area contributed by atoms with Crippen LogP contribution in [0.25, 0.3) is 0 Å². The van der Waals surface area contributed by atoms with E-state index in [1.165, 1.54) is 0 Å². The largest absolute Gasteiger partial charge is 0.466 e. The Morgan fingerprint density at radius 1 is 0.879 bits per heavy atom. The van der Waals surface area contributed by atoms with Crippen molar-refractivity contribution in [2.24, 2.45) is 5.92 Å². The molecule has 0 aliphatic carbocycles. The first-order valence-corrected chi connectivity index (χ1v) is 12.8. The Hall–Kier alpha value is -3.30. The average molecular weight is 461 g/mol. The van der Waals surface area contributed by atoms with Crippen molar-refractivity contribution in [3.8, 4) is 0 Å². The van der Waals surface area contributed by atoms with Crippen molar-refractivity contribution in [2.45, 2.75) is 13.3 Å². The molecule has 33 heavy (non-hydrogen) atoms. The van der Waals surface area contributed by atoms with Gasteiger partial charge in [-0.2, -0.15) is 0 Å². The van der Waals surface area contributed by atoms with Crippen molar-refractivity contribution >= 4 is 24.8 Å². The molecule has 0 spiro atoms. The maximum atomic E-state index is 15.1. The number of para-hydroxylation sites is 2. The highest BCUT2D eigenvalue weighted by Gasteiger charge is 2.49. The van der Waals surface area contributed by atoms with Gasteiger partial charge in [-0.1, -0.05) is 73.3 Å². The standard InChI is InChI=1S/C27H29N2O3P/c1-3-32-27(30)26(21-23-13-7-4-8-14-23)22(2)33(31)28(24-15-9-5-10-16-24)19-20-29(33)25-17-11-6-12-18-25/h4-18,26H,2-3,19-21H2,1H3. The quantitative estimate of drug-likeness (QED) is 0.298. The van der Waals surface area contributed by atoms with Crippen molar-refractivity contribution < 1.29 is 14.1 Å². The number of anilines is 2. The third-order valence-corrected chi connectivity index (χ3v) is 9.15. The molecule has 1 fully saturated rings. The fourth-order valence-electron chi connectivity index (χ4n) is 4.31. The Labute approximate surface area is 195 Å². The van der Waals surface area contributed by atoms with Gasteiger partial charge in [-0.25, -0.2) is 0 Å². The Bertz CT molecular complexity index is 1080. The predicted octanol–water partition coefficient (Wildman–Crippen LogP) is 6.14. The van der Waals surface area contributed by atoms with Crippen LogP contribution in [0, 0.1) is 5.92 Å². The highest BCUT2D eigenvalue weighted by molar-refractivity contribution is 7.71. The summed E-state index contributed by atoms with van der Waals surface area (Å²) in [5.41, 5.74) is 2.67. The minimum Gasteiger partial charge on any atom is -0.466 e. The summed E-state index contributed by atoms with van der Waals surface area (Å²) in [5.74, 6) is -1.12. The summed E-state index contributed by atoms with van der Waals surface area (Å²) in [7, 11) is -3.42. The molecule has 3 aromatic carbocycles. The molecule has 1 saturated heterocycles. The maximum absolute atomic E-state index is 15.1. The molecule has 1 aliphatic heterocycles. The van der Waals surface area contributed by atoms with Crippen molar-refractivity contribution in [1.82, 2.24) is 0 Å². The lowest BCUT2D eigenvalue weighted by molar-refractivity contribution is -0.146. The molecular formula is C27H29N2O3P. The molecular weight excluding hydrogens is 431 g/mol. The van der Waals surface area contributed by atoms with E-state index < -0.39 is 19.3 Å². The smallest absolute Gasteiger partial charge is 0.314 e. The van der Waals surface area contributed by atoms with E-state index in [0.717, 1.165) is 16.9 Å². The summed E-state index contributed by atoms with van der Waals surface area (Å²) >= 11 is 0. The van der Waals surface area contributed by atoms with Crippen molar-refractivity contribution in [3.63, 3.8) is 0 Å². The van der Waals surface area contributed by atoms with Crippen LogP contribution in [0.4, 0.5) is 11.4 Å². The number of hydrogen-bond donors (Lipinski definition) is 0. The fraction of sp³-hybridized carbons (Fsp3) is 0.222. The average Bonchev–Trinajstić information content (AvgIpc) is 3.22. The molecule has 1 heterocycles. The number of ether oxygens (including phenoxy) is 1. The zero-order chi connectivity index (χ0) is 23.3. The number of carbonyl (C=O) groups excluding carboxylic acids is 1. The molecule has 0 radical (unpaired) electrons. The van der Waals surface area contributed by atoms with Crippen LogP contribution in [0.3, 0.4) is 0 Å². The van der Waals surface area contributed by atoms with Crippen LogP contribution in [0.15, 0.2) is 103 Å². The van der Waals surface area contributed by atoms with E-state index in [4.69, 9.17) is 4.74 Å². The molecule has 5 nitrogen and oxygen atoms in total. The number of hydrogen-bond acceptors (Lipinski definition) is 3. The number of nitrogens with zero attached hydrogens (tertiary/aromatic N) is 2. The number of benzene rings is 3. The van der Waals surface area contributed by atoms with Gasteiger partial charge in [0.1, 0.15) is 0 Å². The summed E-state index contributed by atoms with van der Waals surface area (Å²) < 4.78 is 24.3. The van der Waals surface area contributed by atoms with Gasteiger partial charge in [0, 0.05) is 29.8 Å². The number of carbonyl (C=O) groups is 1.